The van der Waals surface area contributed by atoms with Crippen molar-refractivity contribution in [3.63, 3.8) is 0 Å². The van der Waals surface area contributed by atoms with Crippen molar-refractivity contribution < 1.29 is 9.72 Å². The maximum atomic E-state index is 12.0. The monoisotopic (exact) mass is 280 g/mol. The minimum atomic E-state index is -0.595. The molecule has 0 spiro atoms. The summed E-state index contributed by atoms with van der Waals surface area (Å²) in [5.74, 6) is -0.305. The summed E-state index contributed by atoms with van der Waals surface area (Å²) in [6.07, 6.45) is 6.72. The summed E-state index contributed by atoms with van der Waals surface area (Å²) in [4.78, 5) is 22.2. The van der Waals surface area contributed by atoms with E-state index in [2.05, 4.69) is 11.4 Å². The zero-order valence-corrected chi connectivity index (χ0v) is 10.9. The first-order valence-corrected chi connectivity index (χ1v) is 6.35. The van der Waals surface area contributed by atoms with Gasteiger partial charge in [0.05, 0.1) is 4.92 Å². The standard InChI is InChI=1S/C13H13ClN2O3/c14-11-7-6-9(8-12(11)16(18)19)13(17)15-10-4-2-1-3-5-10/h1-2,6-8,10H,3-5H2,(H,15,17). The molecule has 1 aromatic rings. The average Bonchev–Trinajstić information content (AvgIpc) is 2.40. The summed E-state index contributed by atoms with van der Waals surface area (Å²) in [7, 11) is 0. The maximum Gasteiger partial charge on any atom is 0.288 e. The summed E-state index contributed by atoms with van der Waals surface area (Å²) < 4.78 is 0. The van der Waals surface area contributed by atoms with Gasteiger partial charge in [0.15, 0.2) is 0 Å². The van der Waals surface area contributed by atoms with Crippen molar-refractivity contribution in [1.29, 1.82) is 0 Å². The molecule has 1 aromatic carbocycles. The van der Waals surface area contributed by atoms with Crippen LogP contribution in [0.2, 0.25) is 5.02 Å². The molecule has 2 rings (SSSR count). The van der Waals surface area contributed by atoms with Gasteiger partial charge in [0, 0.05) is 17.7 Å². The lowest BCUT2D eigenvalue weighted by atomic mass is 10.0. The van der Waals surface area contributed by atoms with Crippen LogP contribution in [-0.2, 0) is 0 Å². The first-order chi connectivity index (χ1) is 9.08. The van der Waals surface area contributed by atoms with Gasteiger partial charge in [0.2, 0.25) is 0 Å². The molecule has 19 heavy (non-hydrogen) atoms. The topological polar surface area (TPSA) is 72.2 Å². The fraction of sp³-hybridized carbons (Fsp3) is 0.308. The van der Waals surface area contributed by atoms with Crippen LogP contribution in [0.1, 0.15) is 29.6 Å². The average molecular weight is 281 g/mol. The van der Waals surface area contributed by atoms with Crippen LogP contribution in [0.15, 0.2) is 30.4 Å². The molecule has 0 saturated heterocycles. The molecule has 0 fully saturated rings. The van der Waals surface area contributed by atoms with Crippen LogP contribution in [0.5, 0.6) is 0 Å². The second kappa shape index (κ2) is 5.84. The lowest BCUT2D eigenvalue weighted by Gasteiger charge is -2.19. The number of benzene rings is 1. The van der Waals surface area contributed by atoms with Gasteiger partial charge in [-0.3, -0.25) is 14.9 Å². The predicted molar refractivity (Wildman–Crippen MR) is 72.4 cm³/mol. The molecular weight excluding hydrogens is 268 g/mol. The molecule has 6 heteroatoms. The number of hydrogen-bond donors (Lipinski definition) is 1. The third-order valence-electron chi connectivity index (χ3n) is 3.01. The summed E-state index contributed by atoms with van der Waals surface area (Å²) in [5.41, 5.74) is 0.00325. The van der Waals surface area contributed by atoms with Crippen molar-refractivity contribution in [2.24, 2.45) is 0 Å². The Balaban J connectivity index is 2.12. The quantitative estimate of drug-likeness (QED) is 0.525. The van der Waals surface area contributed by atoms with Crippen LogP contribution >= 0.6 is 11.6 Å². The zero-order chi connectivity index (χ0) is 13.8. The SMILES string of the molecule is O=C(NC1CC=CCC1)c1ccc(Cl)c([N+](=O)[O-])c1. The number of rotatable bonds is 3. The zero-order valence-electron chi connectivity index (χ0n) is 10.1. The highest BCUT2D eigenvalue weighted by Gasteiger charge is 2.18. The number of nitro groups is 1. The van der Waals surface area contributed by atoms with E-state index in [0.29, 0.717) is 0 Å². The molecule has 5 nitrogen and oxygen atoms in total. The lowest BCUT2D eigenvalue weighted by Crippen LogP contribution is -2.35. The van der Waals surface area contributed by atoms with Gasteiger partial charge in [0.1, 0.15) is 5.02 Å². The van der Waals surface area contributed by atoms with E-state index in [9.17, 15) is 14.9 Å². The molecule has 0 aromatic heterocycles. The van der Waals surface area contributed by atoms with E-state index in [1.807, 2.05) is 6.08 Å². The normalized spacial score (nSPS) is 18.1. The van der Waals surface area contributed by atoms with Crippen LogP contribution in [-0.4, -0.2) is 16.9 Å². The van der Waals surface area contributed by atoms with Crippen molar-refractivity contribution in [1.82, 2.24) is 5.32 Å². The number of allylic oxidation sites excluding steroid dienone is 1. The smallest absolute Gasteiger partial charge is 0.288 e. The second-order valence-corrected chi connectivity index (χ2v) is 4.79. The fourth-order valence-corrected chi connectivity index (χ4v) is 2.17. The van der Waals surface area contributed by atoms with Crippen LogP contribution in [0.25, 0.3) is 0 Å². The lowest BCUT2D eigenvalue weighted by molar-refractivity contribution is -0.384. The largest absolute Gasteiger partial charge is 0.349 e. The van der Waals surface area contributed by atoms with Crippen molar-refractivity contribution in [2.75, 3.05) is 0 Å². The highest BCUT2D eigenvalue weighted by atomic mass is 35.5. The van der Waals surface area contributed by atoms with Crippen molar-refractivity contribution in [3.05, 3.63) is 51.1 Å². The van der Waals surface area contributed by atoms with E-state index in [-0.39, 0.29) is 28.2 Å². The van der Waals surface area contributed by atoms with Crippen LogP contribution in [0, 0.1) is 10.1 Å². The van der Waals surface area contributed by atoms with Gasteiger partial charge >= 0.3 is 0 Å². The van der Waals surface area contributed by atoms with Gasteiger partial charge in [-0.05, 0) is 31.4 Å². The second-order valence-electron chi connectivity index (χ2n) is 4.38. The van der Waals surface area contributed by atoms with Gasteiger partial charge in [-0.1, -0.05) is 23.8 Å². The third-order valence-corrected chi connectivity index (χ3v) is 3.33. The Kier molecular flexibility index (Phi) is 4.16. The van der Waals surface area contributed by atoms with Crippen LogP contribution < -0.4 is 5.32 Å². The minimum absolute atomic E-state index is 0.0298. The van der Waals surface area contributed by atoms with Crippen molar-refractivity contribution >= 4 is 23.2 Å². The van der Waals surface area contributed by atoms with Gasteiger partial charge in [-0.2, -0.15) is 0 Å². The Bertz CT molecular complexity index is 543. The van der Waals surface area contributed by atoms with Gasteiger partial charge in [-0.25, -0.2) is 0 Å². The predicted octanol–water partition coefficient (Wildman–Crippen LogP) is 3.09. The summed E-state index contributed by atoms with van der Waals surface area (Å²) in [6, 6.07) is 4.15. The Hall–Kier alpha value is -1.88. The molecular formula is C13H13ClN2O3. The molecule has 0 saturated carbocycles. The van der Waals surface area contributed by atoms with E-state index in [0.717, 1.165) is 19.3 Å². The molecule has 1 unspecified atom stereocenters. The number of amides is 1. The molecule has 1 N–H and O–H groups in total. The highest BCUT2D eigenvalue weighted by Crippen LogP contribution is 2.25. The molecule has 100 valence electrons. The molecule has 1 aliphatic carbocycles. The molecule has 0 aliphatic heterocycles. The number of nitrogens with one attached hydrogen (secondary N) is 1. The molecule has 1 atom stereocenters. The van der Waals surface area contributed by atoms with E-state index >= 15 is 0 Å². The Morgan fingerprint density at radius 1 is 1.42 bits per heavy atom. The van der Waals surface area contributed by atoms with Gasteiger partial charge in [-0.15, -0.1) is 0 Å². The molecule has 0 bridgehead atoms. The first kappa shape index (κ1) is 13.5. The molecule has 1 aliphatic rings. The Morgan fingerprint density at radius 2 is 2.21 bits per heavy atom. The van der Waals surface area contributed by atoms with Gasteiger partial charge in [0.25, 0.3) is 11.6 Å². The Labute approximate surface area is 115 Å². The number of carbonyl (C=O) groups excluding carboxylic acids is 1. The van der Waals surface area contributed by atoms with Crippen molar-refractivity contribution in [2.45, 2.75) is 25.3 Å². The third kappa shape index (κ3) is 3.32. The number of hydrogen-bond acceptors (Lipinski definition) is 3. The number of halogens is 1. The number of nitro benzene ring substituents is 1. The molecule has 0 heterocycles. The van der Waals surface area contributed by atoms with Crippen molar-refractivity contribution in [3.8, 4) is 0 Å². The summed E-state index contributed by atoms with van der Waals surface area (Å²) in [5, 5.41) is 13.7. The summed E-state index contributed by atoms with van der Waals surface area (Å²) >= 11 is 5.71. The van der Waals surface area contributed by atoms with Crippen LogP contribution in [0.3, 0.4) is 0 Å². The molecule has 1 amide bonds. The van der Waals surface area contributed by atoms with Gasteiger partial charge < -0.3 is 5.32 Å². The minimum Gasteiger partial charge on any atom is -0.349 e. The number of nitrogens with zero attached hydrogens (tertiary/aromatic N) is 1. The Morgan fingerprint density at radius 3 is 2.84 bits per heavy atom. The fourth-order valence-electron chi connectivity index (χ4n) is 1.99. The summed E-state index contributed by atoms with van der Waals surface area (Å²) in [6.45, 7) is 0. The number of carbonyl (C=O) groups is 1. The highest BCUT2D eigenvalue weighted by molar-refractivity contribution is 6.32. The molecule has 0 radical (unpaired) electrons. The maximum absolute atomic E-state index is 12.0. The van der Waals surface area contributed by atoms with E-state index in [1.165, 1.54) is 18.2 Å². The first-order valence-electron chi connectivity index (χ1n) is 5.97. The van der Waals surface area contributed by atoms with E-state index in [4.69, 9.17) is 11.6 Å². The van der Waals surface area contributed by atoms with E-state index < -0.39 is 4.92 Å². The van der Waals surface area contributed by atoms with Crippen LogP contribution in [0.4, 0.5) is 5.69 Å². The van der Waals surface area contributed by atoms with E-state index in [1.54, 1.807) is 0 Å².